The molecule has 56 heavy (non-hydrogen) atoms. The van der Waals surface area contributed by atoms with Crippen LogP contribution in [0.25, 0.3) is 55.6 Å². The fraction of sp³-hybridized carbons (Fsp3) is 0.120. The molecule has 8 aromatic rings. The SMILES string of the molecule is O=C(OCc1c[c-]c(-c2ccccn2)cc1)C1CC2C=CC1C2.[Ir+3].[c-]1ccccc1-c1ccc2ccccc2n1.[c-]1ccccc1-c1ccc2ccccc2n1. The van der Waals surface area contributed by atoms with Gasteiger partial charge >= 0.3 is 26.1 Å². The Hall–Kier alpha value is -6.07. The van der Waals surface area contributed by atoms with Crippen molar-refractivity contribution >= 4 is 27.8 Å². The van der Waals surface area contributed by atoms with Gasteiger partial charge in [-0.25, -0.2) is 0 Å². The van der Waals surface area contributed by atoms with Crippen LogP contribution in [0.3, 0.4) is 0 Å². The quantitative estimate of drug-likeness (QED) is 0.0945. The van der Waals surface area contributed by atoms with Crippen LogP contribution in [0.2, 0.25) is 0 Å². The van der Waals surface area contributed by atoms with Crippen LogP contribution in [0.1, 0.15) is 18.4 Å². The number of carbonyl (C=O) groups is 1. The zero-order chi connectivity index (χ0) is 37.2. The van der Waals surface area contributed by atoms with Crippen LogP contribution in [-0.2, 0) is 36.2 Å². The number of benzene rings is 5. The van der Waals surface area contributed by atoms with E-state index in [-0.39, 0.29) is 32.0 Å². The number of hydrogen-bond donors (Lipinski definition) is 0. The smallest absolute Gasteiger partial charge is 0.470 e. The number of ether oxygens (including phenoxy) is 1. The van der Waals surface area contributed by atoms with Gasteiger partial charge in [-0.3, -0.25) is 14.8 Å². The Balaban J connectivity index is 0.000000131. The Morgan fingerprint density at radius 1 is 0.589 bits per heavy atom. The number of para-hydroxylation sites is 2. The van der Waals surface area contributed by atoms with Gasteiger partial charge in [-0.2, -0.15) is 0 Å². The van der Waals surface area contributed by atoms with Crippen LogP contribution in [-0.4, -0.2) is 20.9 Å². The number of esters is 1. The number of carbonyl (C=O) groups excluding carboxylic acids is 1. The van der Waals surface area contributed by atoms with Gasteiger partial charge in [0.2, 0.25) is 0 Å². The first-order valence-corrected chi connectivity index (χ1v) is 18.6. The molecule has 5 nitrogen and oxygen atoms in total. The van der Waals surface area contributed by atoms with E-state index in [1.165, 1.54) is 10.8 Å². The minimum Gasteiger partial charge on any atom is -0.470 e. The second-order valence-corrected chi connectivity index (χ2v) is 13.7. The van der Waals surface area contributed by atoms with Crippen molar-refractivity contribution in [3.8, 4) is 33.8 Å². The molecule has 2 aliphatic carbocycles. The molecule has 10 rings (SSSR count). The fourth-order valence-electron chi connectivity index (χ4n) is 7.08. The second kappa shape index (κ2) is 18.5. The first-order chi connectivity index (χ1) is 27.2. The van der Waals surface area contributed by atoms with Crippen LogP contribution in [0.4, 0.5) is 0 Å². The van der Waals surface area contributed by atoms with E-state index in [4.69, 9.17) is 4.74 Å². The number of fused-ring (bicyclic) bond motifs is 4. The minimum absolute atomic E-state index is 0. The first kappa shape index (κ1) is 38.2. The van der Waals surface area contributed by atoms with E-state index < -0.39 is 0 Å². The minimum atomic E-state index is -0.0596. The molecule has 0 saturated heterocycles. The third kappa shape index (κ3) is 9.41. The Kier molecular flexibility index (Phi) is 12.6. The van der Waals surface area contributed by atoms with E-state index in [9.17, 15) is 4.79 Å². The van der Waals surface area contributed by atoms with E-state index in [0.717, 1.165) is 63.2 Å². The molecule has 0 amide bonds. The number of hydrogen-bond acceptors (Lipinski definition) is 5. The summed E-state index contributed by atoms with van der Waals surface area (Å²) < 4.78 is 5.50. The molecule has 0 radical (unpaired) electrons. The van der Waals surface area contributed by atoms with Gasteiger partial charge in [-0.05, 0) is 70.7 Å². The molecule has 3 unspecified atom stereocenters. The van der Waals surface area contributed by atoms with Crippen molar-refractivity contribution in [2.75, 3.05) is 0 Å². The second-order valence-electron chi connectivity index (χ2n) is 13.7. The summed E-state index contributed by atoms with van der Waals surface area (Å²) in [4.78, 5) is 25.8. The number of nitrogens with zero attached hydrogens (tertiary/aromatic N) is 3. The van der Waals surface area contributed by atoms with Gasteiger partial charge < -0.3 is 9.72 Å². The average molecular weight is 905 g/mol. The number of allylic oxidation sites excluding steroid dienone is 2. The normalized spacial score (nSPS) is 16.2. The van der Waals surface area contributed by atoms with Gasteiger partial charge in [0.25, 0.3) is 0 Å². The molecule has 1 saturated carbocycles. The summed E-state index contributed by atoms with van der Waals surface area (Å²) in [6.07, 6.45) is 8.24. The van der Waals surface area contributed by atoms with E-state index >= 15 is 0 Å². The maximum atomic E-state index is 12.2. The third-order valence-electron chi connectivity index (χ3n) is 9.95. The van der Waals surface area contributed by atoms with Crippen LogP contribution < -0.4 is 0 Å². The van der Waals surface area contributed by atoms with Crippen molar-refractivity contribution in [2.24, 2.45) is 17.8 Å². The van der Waals surface area contributed by atoms with Crippen molar-refractivity contribution in [3.05, 3.63) is 200 Å². The fourth-order valence-corrected chi connectivity index (χ4v) is 7.08. The average Bonchev–Trinajstić information content (AvgIpc) is 3.92. The Morgan fingerprint density at radius 3 is 1.71 bits per heavy atom. The predicted octanol–water partition coefficient (Wildman–Crippen LogP) is 11.2. The molecular formula is C50H38IrN3O2. The van der Waals surface area contributed by atoms with Crippen LogP contribution in [0.15, 0.2) is 176 Å². The largest absolute Gasteiger partial charge is 3.00 e. The van der Waals surface area contributed by atoms with E-state index in [0.29, 0.717) is 18.4 Å². The third-order valence-corrected chi connectivity index (χ3v) is 9.95. The summed E-state index contributed by atoms with van der Waals surface area (Å²) in [5.41, 5.74) is 8.86. The molecule has 5 aromatic carbocycles. The van der Waals surface area contributed by atoms with Gasteiger partial charge in [0, 0.05) is 6.20 Å². The van der Waals surface area contributed by atoms with Crippen molar-refractivity contribution in [1.29, 1.82) is 0 Å². The van der Waals surface area contributed by atoms with Crippen molar-refractivity contribution in [2.45, 2.75) is 19.4 Å². The molecule has 0 aliphatic heterocycles. The Bertz CT molecular complexity index is 2410. The Morgan fingerprint density at radius 2 is 1.20 bits per heavy atom. The summed E-state index contributed by atoms with van der Waals surface area (Å²) in [5, 5.41) is 2.34. The molecule has 274 valence electrons. The molecule has 3 heterocycles. The van der Waals surface area contributed by atoms with Crippen LogP contribution >= 0.6 is 0 Å². The molecule has 2 aliphatic rings. The summed E-state index contributed by atoms with van der Waals surface area (Å²) in [6.45, 7) is 0.315. The molecular weight excluding hydrogens is 867 g/mol. The van der Waals surface area contributed by atoms with Crippen molar-refractivity contribution < 1.29 is 29.6 Å². The van der Waals surface area contributed by atoms with E-state index in [1.807, 2.05) is 133 Å². The molecule has 3 atom stereocenters. The maximum Gasteiger partial charge on any atom is 3.00 e. The molecule has 6 heteroatoms. The maximum absolute atomic E-state index is 12.2. The van der Waals surface area contributed by atoms with Gasteiger partial charge in [-0.15, -0.1) is 102 Å². The van der Waals surface area contributed by atoms with E-state index in [1.54, 1.807) is 6.20 Å². The molecule has 0 N–H and O–H groups in total. The summed E-state index contributed by atoms with van der Waals surface area (Å²) in [6, 6.07) is 61.5. The van der Waals surface area contributed by atoms with Gasteiger partial charge in [0.1, 0.15) is 0 Å². The topological polar surface area (TPSA) is 65.0 Å². The van der Waals surface area contributed by atoms with Gasteiger partial charge in [0.15, 0.2) is 0 Å². The Labute approximate surface area is 341 Å². The molecule has 1 fully saturated rings. The summed E-state index contributed by atoms with van der Waals surface area (Å²) in [5.74, 6) is 0.978. The number of rotatable bonds is 6. The standard InChI is InChI=1S/C20H18NO2.2C15H10N.Ir/c22-20(18-12-15-6-9-17(18)11-15)23-13-14-4-7-16(8-5-14)19-3-1-2-10-21-19;2*1-2-6-12(7-3-1)15-11-10-13-8-4-5-9-14(13)16-15;/h1-7,9-10,15,17-18H,11-13H2;2*1-6,8-11H;/q3*-1;+3. The van der Waals surface area contributed by atoms with Crippen LogP contribution in [0, 0.1) is 36.0 Å². The van der Waals surface area contributed by atoms with Crippen LogP contribution in [0.5, 0.6) is 0 Å². The van der Waals surface area contributed by atoms with Crippen molar-refractivity contribution in [3.63, 3.8) is 0 Å². The molecule has 3 aromatic heterocycles. The zero-order valence-electron chi connectivity index (χ0n) is 30.6. The summed E-state index contributed by atoms with van der Waals surface area (Å²) >= 11 is 0. The van der Waals surface area contributed by atoms with Gasteiger partial charge in [-0.1, -0.05) is 90.5 Å². The van der Waals surface area contributed by atoms with E-state index in [2.05, 4.69) is 69.6 Å². The molecule has 0 spiro atoms. The zero-order valence-corrected chi connectivity index (χ0v) is 33.0. The molecule has 2 bridgehead atoms. The monoisotopic (exact) mass is 905 g/mol. The first-order valence-electron chi connectivity index (χ1n) is 18.6. The predicted molar refractivity (Wildman–Crippen MR) is 219 cm³/mol. The summed E-state index contributed by atoms with van der Waals surface area (Å²) in [7, 11) is 0. The van der Waals surface area contributed by atoms with Crippen molar-refractivity contribution in [1.82, 2.24) is 15.0 Å². The number of aromatic nitrogens is 3. The van der Waals surface area contributed by atoms with Gasteiger partial charge in [0.05, 0.1) is 23.6 Å². The number of pyridine rings is 3.